The number of nitrogens with zero attached hydrogens (tertiary/aromatic N) is 6. The number of hydrazone groups is 1. The molecule has 0 unspecified atom stereocenters. The van der Waals surface area contributed by atoms with E-state index in [2.05, 4.69) is 20.3 Å². The number of anilines is 4. The van der Waals surface area contributed by atoms with Crippen molar-refractivity contribution in [3.8, 4) is 0 Å². The highest BCUT2D eigenvalue weighted by Gasteiger charge is 2.19. The van der Waals surface area contributed by atoms with Crippen LogP contribution in [0.3, 0.4) is 0 Å². The highest BCUT2D eigenvalue weighted by Crippen LogP contribution is 2.22. The molecule has 2 aliphatic rings. The molecule has 0 radical (unpaired) electrons. The predicted octanol–water partition coefficient (Wildman–Crippen LogP) is 4.05. The summed E-state index contributed by atoms with van der Waals surface area (Å²) in [5.41, 5.74) is 11.5. The summed E-state index contributed by atoms with van der Waals surface area (Å²) in [6.45, 7) is 5.95. The zero-order valence-electron chi connectivity index (χ0n) is 18.6. The van der Waals surface area contributed by atoms with Crippen LogP contribution in [0, 0.1) is 0 Å². The quantitative estimate of drug-likeness (QED) is 0.426. The fourth-order valence-corrected chi connectivity index (χ4v) is 4.15. The molecule has 0 bridgehead atoms. The van der Waals surface area contributed by atoms with Gasteiger partial charge >= 0.3 is 0 Å². The Kier molecular flexibility index (Phi) is 7.17. The molecule has 1 aromatic carbocycles. The number of nitrogen functional groups attached to an aromatic ring is 1. The third-order valence-electron chi connectivity index (χ3n) is 6.04. The van der Waals surface area contributed by atoms with Gasteiger partial charge in [-0.25, -0.2) is 5.43 Å². The average Bonchev–Trinajstić information content (AvgIpc) is 3.23. The van der Waals surface area contributed by atoms with Crippen LogP contribution >= 0.6 is 0 Å². The van der Waals surface area contributed by atoms with E-state index in [-0.39, 0.29) is 0 Å². The molecule has 31 heavy (non-hydrogen) atoms. The molecule has 3 N–H and O–H groups in total. The van der Waals surface area contributed by atoms with E-state index in [4.69, 9.17) is 20.7 Å². The molecule has 8 heteroatoms. The van der Waals surface area contributed by atoms with Crippen molar-refractivity contribution >= 4 is 29.2 Å². The van der Waals surface area contributed by atoms with Gasteiger partial charge in [0.15, 0.2) is 0 Å². The first-order valence-electron chi connectivity index (χ1n) is 11.6. The van der Waals surface area contributed by atoms with Crippen molar-refractivity contribution in [1.82, 2.24) is 15.0 Å². The third-order valence-corrected chi connectivity index (χ3v) is 6.04. The van der Waals surface area contributed by atoms with Crippen LogP contribution < -0.4 is 21.0 Å². The molecule has 166 valence electrons. The zero-order valence-corrected chi connectivity index (χ0v) is 18.6. The van der Waals surface area contributed by atoms with Gasteiger partial charge in [-0.15, -0.1) is 0 Å². The van der Waals surface area contributed by atoms with Crippen molar-refractivity contribution in [2.75, 3.05) is 47.1 Å². The van der Waals surface area contributed by atoms with Crippen LogP contribution in [-0.2, 0) is 0 Å². The first-order chi connectivity index (χ1) is 15.2. The average molecular weight is 423 g/mol. The van der Waals surface area contributed by atoms with E-state index < -0.39 is 0 Å². The summed E-state index contributed by atoms with van der Waals surface area (Å²) >= 11 is 0. The van der Waals surface area contributed by atoms with Gasteiger partial charge in [-0.2, -0.15) is 20.1 Å². The third kappa shape index (κ3) is 5.83. The van der Waals surface area contributed by atoms with Gasteiger partial charge in [-0.05, 0) is 50.3 Å². The number of benzene rings is 1. The summed E-state index contributed by atoms with van der Waals surface area (Å²) < 4.78 is 0. The summed E-state index contributed by atoms with van der Waals surface area (Å²) in [7, 11) is 0. The summed E-state index contributed by atoms with van der Waals surface area (Å²) in [4.78, 5) is 19.0. The van der Waals surface area contributed by atoms with E-state index in [1.54, 1.807) is 0 Å². The summed E-state index contributed by atoms with van der Waals surface area (Å²) in [5, 5.41) is 4.54. The molecule has 8 nitrogen and oxygen atoms in total. The fourth-order valence-electron chi connectivity index (χ4n) is 4.15. The Morgan fingerprint density at radius 3 is 1.74 bits per heavy atom. The molecular weight excluding hydrogens is 388 g/mol. The maximum atomic E-state index is 5.80. The number of nitrogens with one attached hydrogen (secondary N) is 1. The number of hydrogen-bond donors (Lipinski definition) is 2. The molecule has 0 amide bonds. The van der Waals surface area contributed by atoms with Crippen molar-refractivity contribution in [3.63, 3.8) is 0 Å². The molecule has 0 aliphatic carbocycles. The minimum atomic E-state index is 0.503. The van der Waals surface area contributed by atoms with E-state index in [1.807, 2.05) is 31.2 Å². The van der Waals surface area contributed by atoms with E-state index in [0.717, 1.165) is 55.0 Å². The van der Waals surface area contributed by atoms with Crippen LogP contribution in [0.15, 0.2) is 29.4 Å². The molecule has 0 saturated carbocycles. The lowest BCUT2D eigenvalue weighted by Crippen LogP contribution is -2.30. The highest BCUT2D eigenvalue weighted by molar-refractivity contribution is 5.99. The maximum absolute atomic E-state index is 5.80. The second-order valence-electron chi connectivity index (χ2n) is 8.49. The van der Waals surface area contributed by atoms with Crippen LogP contribution in [0.1, 0.15) is 63.9 Å². The molecule has 2 aliphatic heterocycles. The molecule has 2 fully saturated rings. The Morgan fingerprint density at radius 1 is 0.774 bits per heavy atom. The van der Waals surface area contributed by atoms with Crippen LogP contribution in [0.25, 0.3) is 0 Å². The van der Waals surface area contributed by atoms with Crippen LogP contribution in [0.2, 0.25) is 0 Å². The smallest absolute Gasteiger partial charge is 0.250 e. The number of nitrogens with two attached hydrogens (primary N) is 1. The number of aromatic nitrogens is 3. The fraction of sp³-hybridized carbons (Fsp3) is 0.565. The van der Waals surface area contributed by atoms with Gasteiger partial charge in [0.05, 0.1) is 5.71 Å². The van der Waals surface area contributed by atoms with Gasteiger partial charge in [0.2, 0.25) is 17.8 Å². The molecule has 0 atom stereocenters. The van der Waals surface area contributed by atoms with Gasteiger partial charge in [0, 0.05) is 31.9 Å². The SMILES string of the molecule is C/C(=N\Nc1nc(N2CCCCCC2)nc(N2CCCCCC2)n1)c1ccc(N)cc1. The van der Waals surface area contributed by atoms with Crippen molar-refractivity contribution in [2.24, 2.45) is 5.10 Å². The van der Waals surface area contributed by atoms with E-state index in [0.29, 0.717) is 5.95 Å². The predicted molar refractivity (Wildman–Crippen MR) is 128 cm³/mol. The van der Waals surface area contributed by atoms with Crippen molar-refractivity contribution < 1.29 is 0 Å². The first-order valence-corrected chi connectivity index (χ1v) is 11.6. The Morgan fingerprint density at radius 2 is 1.26 bits per heavy atom. The number of hydrogen-bond acceptors (Lipinski definition) is 8. The highest BCUT2D eigenvalue weighted by atomic mass is 15.4. The maximum Gasteiger partial charge on any atom is 0.250 e. The lowest BCUT2D eigenvalue weighted by atomic mass is 10.1. The van der Waals surface area contributed by atoms with Crippen molar-refractivity contribution in [2.45, 2.75) is 58.3 Å². The zero-order chi connectivity index (χ0) is 21.5. The standard InChI is InChI=1S/C23H34N8/c1-18(19-10-12-20(24)13-11-19)28-29-21-25-22(30-14-6-2-3-7-15-30)27-23(26-21)31-16-8-4-5-9-17-31/h10-13H,2-9,14-17,24H2,1H3,(H,25,26,27,29)/b28-18+. The summed E-state index contributed by atoms with van der Waals surface area (Å²) in [6.07, 6.45) is 9.83. The molecular formula is C23H34N8. The Hall–Kier alpha value is -2.90. The molecule has 2 saturated heterocycles. The Labute approximate surface area is 185 Å². The van der Waals surface area contributed by atoms with E-state index in [9.17, 15) is 0 Å². The van der Waals surface area contributed by atoms with Crippen LogP contribution in [0.5, 0.6) is 0 Å². The van der Waals surface area contributed by atoms with Crippen LogP contribution in [-0.4, -0.2) is 46.8 Å². The van der Waals surface area contributed by atoms with Gasteiger partial charge in [-0.1, -0.05) is 37.8 Å². The second-order valence-corrected chi connectivity index (χ2v) is 8.49. The minimum absolute atomic E-state index is 0.503. The summed E-state index contributed by atoms with van der Waals surface area (Å²) in [5.74, 6) is 2.03. The number of rotatable bonds is 5. The lowest BCUT2D eigenvalue weighted by molar-refractivity contribution is 0.726. The molecule has 0 spiro atoms. The summed E-state index contributed by atoms with van der Waals surface area (Å²) in [6, 6.07) is 7.70. The monoisotopic (exact) mass is 422 g/mol. The Bertz CT molecular complexity index is 825. The van der Waals surface area contributed by atoms with Gasteiger partial charge < -0.3 is 15.5 Å². The van der Waals surface area contributed by atoms with Crippen molar-refractivity contribution in [1.29, 1.82) is 0 Å². The van der Waals surface area contributed by atoms with Gasteiger partial charge in [-0.3, -0.25) is 0 Å². The lowest BCUT2D eigenvalue weighted by Gasteiger charge is -2.24. The van der Waals surface area contributed by atoms with Crippen LogP contribution in [0.4, 0.5) is 23.5 Å². The molecule has 3 heterocycles. The largest absolute Gasteiger partial charge is 0.399 e. The first kappa shape index (κ1) is 21.3. The second kappa shape index (κ2) is 10.4. The van der Waals surface area contributed by atoms with E-state index >= 15 is 0 Å². The van der Waals surface area contributed by atoms with Crippen molar-refractivity contribution in [3.05, 3.63) is 29.8 Å². The van der Waals surface area contributed by atoms with E-state index in [1.165, 1.54) is 51.4 Å². The molecule has 2 aromatic rings. The topological polar surface area (TPSA) is 95.6 Å². The normalized spacial score (nSPS) is 18.4. The van der Waals surface area contributed by atoms with Gasteiger partial charge in [0.25, 0.3) is 0 Å². The minimum Gasteiger partial charge on any atom is -0.399 e. The molecule has 1 aromatic heterocycles. The molecule has 4 rings (SSSR count). The van der Waals surface area contributed by atoms with Gasteiger partial charge in [0.1, 0.15) is 0 Å². The Balaban J connectivity index is 1.60.